The van der Waals surface area contributed by atoms with E-state index in [0.717, 1.165) is 9.26 Å². The highest BCUT2D eigenvalue weighted by molar-refractivity contribution is 14.1. The Morgan fingerprint density at radius 3 is 2.61 bits per heavy atom. The fourth-order valence-corrected chi connectivity index (χ4v) is 2.06. The number of rotatable bonds is 3. The number of carboxylic acids is 1. The van der Waals surface area contributed by atoms with Crippen LogP contribution in [0.4, 0.5) is 11.5 Å². The van der Waals surface area contributed by atoms with Crippen molar-refractivity contribution in [3.8, 4) is 0 Å². The third-order valence-electron chi connectivity index (χ3n) is 2.19. The second-order valence-corrected chi connectivity index (χ2v) is 5.65. The standard InChI is InChI=1S/C12H8BrIN2O2/c13-7-5-10(12(17)18)11(15-6-7)16-9-3-1-8(14)2-4-9/h1-6H,(H,15,16)(H,17,18). The van der Waals surface area contributed by atoms with E-state index < -0.39 is 5.97 Å². The molecule has 0 spiro atoms. The number of anilines is 2. The van der Waals surface area contributed by atoms with Gasteiger partial charge in [0.2, 0.25) is 0 Å². The van der Waals surface area contributed by atoms with Gasteiger partial charge in [-0.25, -0.2) is 9.78 Å². The lowest BCUT2D eigenvalue weighted by Crippen LogP contribution is -2.04. The Morgan fingerprint density at radius 2 is 2.00 bits per heavy atom. The fourth-order valence-electron chi connectivity index (χ4n) is 1.37. The minimum absolute atomic E-state index is 0.128. The van der Waals surface area contributed by atoms with Crippen molar-refractivity contribution in [3.63, 3.8) is 0 Å². The topological polar surface area (TPSA) is 62.2 Å². The molecule has 4 nitrogen and oxygen atoms in total. The molecule has 2 rings (SSSR count). The van der Waals surface area contributed by atoms with Crippen LogP contribution in [-0.2, 0) is 0 Å². The van der Waals surface area contributed by atoms with Gasteiger partial charge in [0.15, 0.2) is 0 Å². The number of aromatic nitrogens is 1. The molecule has 0 aliphatic carbocycles. The van der Waals surface area contributed by atoms with Gasteiger partial charge in [-0.3, -0.25) is 0 Å². The van der Waals surface area contributed by atoms with Gasteiger partial charge in [0.1, 0.15) is 11.4 Å². The molecule has 1 aromatic heterocycles. The van der Waals surface area contributed by atoms with Gasteiger partial charge in [0, 0.05) is 19.9 Å². The van der Waals surface area contributed by atoms with Crippen LogP contribution in [0.2, 0.25) is 0 Å². The van der Waals surface area contributed by atoms with E-state index in [9.17, 15) is 4.79 Å². The smallest absolute Gasteiger partial charge is 0.339 e. The van der Waals surface area contributed by atoms with E-state index in [0.29, 0.717) is 10.3 Å². The highest BCUT2D eigenvalue weighted by atomic mass is 127. The quantitative estimate of drug-likeness (QED) is 0.742. The molecule has 2 aromatic rings. The molecule has 0 aliphatic rings. The third kappa shape index (κ3) is 3.20. The molecule has 0 atom stereocenters. The number of nitrogens with zero attached hydrogens (tertiary/aromatic N) is 1. The molecule has 0 bridgehead atoms. The van der Waals surface area contributed by atoms with Crippen LogP contribution in [0.25, 0.3) is 0 Å². The van der Waals surface area contributed by atoms with Crippen molar-refractivity contribution < 1.29 is 9.90 Å². The van der Waals surface area contributed by atoms with E-state index in [1.807, 2.05) is 24.3 Å². The molecule has 0 aliphatic heterocycles. The van der Waals surface area contributed by atoms with Crippen LogP contribution < -0.4 is 5.32 Å². The average molecular weight is 419 g/mol. The van der Waals surface area contributed by atoms with E-state index in [2.05, 4.69) is 48.8 Å². The maximum absolute atomic E-state index is 11.1. The van der Waals surface area contributed by atoms with Crippen LogP contribution in [-0.4, -0.2) is 16.1 Å². The lowest BCUT2D eigenvalue weighted by Gasteiger charge is -2.08. The summed E-state index contributed by atoms with van der Waals surface area (Å²) >= 11 is 5.41. The molecule has 2 N–H and O–H groups in total. The first-order chi connectivity index (χ1) is 8.56. The monoisotopic (exact) mass is 418 g/mol. The molecular weight excluding hydrogens is 411 g/mol. The lowest BCUT2D eigenvalue weighted by molar-refractivity contribution is 0.0697. The maximum atomic E-state index is 11.1. The summed E-state index contributed by atoms with van der Waals surface area (Å²) in [5, 5.41) is 12.1. The fraction of sp³-hybridized carbons (Fsp3) is 0. The summed E-state index contributed by atoms with van der Waals surface area (Å²) in [5.74, 6) is -0.691. The molecule has 0 saturated heterocycles. The minimum Gasteiger partial charge on any atom is -0.478 e. The number of hydrogen-bond donors (Lipinski definition) is 2. The molecule has 0 fully saturated rings. The van der Waals surface area contributed by atoms with Crippen molar-refractivity contribution in [3.05, 3.63) is 50.1 Å². The Morgan fingerprint density at radius 1 is 1.33 bits per heavy atom. The van der Waals surface area contributed by atoms with Crippen LogP contribution in [0, 0.1) is 3.57 Å². The van der Waals surface area contributed by atoms with Gasteiger partial charge in [-0.1, -0.05) is 0 Å². The number of nitrogens with one attached hydrogen (secondary N) is 1. The van der Waals surface area contributed by atoms with Crippen LogP contribution in [0.5, 0.6) is 0 Å². The van der Waals surface area contributed by atoms with E-state index in [1.165, 1.54) is 6.07 Å². The van der Waals surface area contributed by atoms with E-state index in [1.54, 1.807) is 6.20 Å². The lowest BCUT2D eigenvalue weighted by atomic mass is 10.2. The van der Waals surface area contributed by atoms with Gasteiger partial charge in [0.05, 0.1) is 0 Å². The molecule has 0 amide bonds. The zero-order chi connectivity index (χ0) is 13.1. The van der Waals surface area contributed by atoms with Gasteiger partial charge in [-0.15, -0.1) is 0 Å². The minimum atomic E-state index is -1.02. The van der Waals surface area contributed by atoms with Crippen molar-refractivity contribution in [2.45, 2.75) is 0 Å². The first-order valence-corrected chi connectivity index (χ1v) is 6.85. The Hall–Kier alpha value is -1.15. The molecule has 0 radical (unpaired) electrons. The van der Waals surface area contributed by atoms with Gasteiger partial charge >= 0.3 is 5.97 Å². The summed E-state index contributed by atoms with van der Waals surface area (Å²) in [6.45, 7) is 0. The molecule has 0 unspecified atom stereocenters. The second-order valence-electron chi connectivity index (χ2n) is 3.49. The maximum Gasteiger partial charge on any atom is 0.339 e. The average Bonchev–Trinajstić information content (AvgIpc) is 2.34. The summed E-state index contributed by atoms with van der Waals surface area (Å²) in [5.41, 5.74) is 0.927. The summed E-state index contributed by atoms with van der Waals surface area (Å²) in [6.07, 6.45) is 1.56. The Balaban J connectivity index is 2.34. The molecule has 92 valence electrons. The van der Waals surface area contributed by atoms with Gasteiger partial charge in [-0.05, 0) is 68.9 Å². The SMILES string of the molecule is O=C(O)c1cc(Br)cnc1Nc1ccc(I)cc1. The molecule has 1 aromatic carbocycles. The summed E-state index contributed by atoms with van der Waals surface area (Å²) in [6, 6.07) is 9.13. The third-order valence-corrected chi connectivity index (χ3v) is 3.34. The molecule has 6 heteroatoms. The van der Waals surface area contributed by atoms with Crippen LogP contribution in [0.15, 0.2) is 41.0 Å². The van der Waals surface area contributed by atoms with E-state index in [-0.39, 0.29) is 5.56 Å². The van der Waals surface area contributed by atoms with Crippen molar-refractivity contribution >= 4 is 56.0 Å². The van der Waals surface area contributed by atoms with Crippen LogP contribution in [0.3, 0.4) is 0 Å². The van der Waals surface area contributed by atoms with Crippen LogP contribution >= 0.6 is 38.5 Å². The second kappa shape index (κ2) is 5.66. The number of pyridine rings is 1. The largest absolute Gasteiger partial charge is 0.478 e. The number of carbonyl (C=O) groups is 1. The van der Waals surface area contributed by atoms with Crippen LogP contribution in [0.1, 0.15) is 10.4 Å². The van der Waals surface area contributed by atoms with Gasteiger partial charge in [-0.2, -0.15) is 0 Å². The van der Waals surface area contributed by atoms with Gasteiger partial charge < -0.3 is 10.4 Å². The number of hydrogen-bond acceptors (Lipinski definition) is 3. The number of benzene rings is 1. The first-order valence-electron chi connectivity index (χ1n) is 4.97. The summed E-state index contributed by atoms with van der Waals surface area (Å²) in [7, 11) is 0. The number of halogens is 2. The van der Waals surface area contributed by atoms with Crippen molar-refractivity contribution in [1.29, 1.82) is 0 Å². The van der Waals surface area contributed by atoms with E-state index in [4.69, 9.17) is 5.11 Å². The highest BCUT2D eigenvalue weighted by Crippen LogP contribution is 2.22. The van der Waals surface area contributed by atoms with Crippen molar-refractivity contribution in [2.24, 2.45) is 0 Å². The number of aromatic carboxylic acids is 1. The molecule has 1 heterocycles. The number of carboxylic acid groups (broad SMARTS) is 1. The van der Waals surface area contributed by atoms with Crippen molar-refractivity contribution in [1.82, 2.24) is 4.98 Å². The Bertz CT molecular complexity index is 587. The van der Waals surface area contributed by atoms with Crippen molar-refractivity contribution in [2.75, 3.05) is 5.32 Å². The normalized spacial score (nSPS) is 10.1. The molecular formula is C12H8BrIN2O2. The Labute approximate surface area is 126 Å². The Kier molecular flexibility index (Phi) is 4.18. The first kappa shape index (κ1) is 13.3. The highest BCUT2D eigenvalue weighted by Gasteiger charge is 2.12. The zero-order valence-electron chi connectivity index (χ0n) is 9.02. The summed E-state index contributed by atoms with van der Waals surface area (Å²) < 4.78 is 1.74. The predicted molar refractivity (Wildman–Crippen MR) is 81.3 cm³/mol. The van der Waals surface area contributed by atoms with E-state index >= 15 is 0 Å². The molecule has 18 heavy (non-hydrogen) atoms. The summed E-state index contributed by atoms with van der Waals surface area (Å²) in [4.78, 5) is 15.2. The molecule has 0 saturated carbocycles. The zero-order valence-corrected chi connectivity index (χ0v) is 12.8. The predicted octanol–water partition coefficient (Wildman–Crippen LogP) is 3.89. The van der Waals surface area contributed by atoms with Gasteiger partial charge in [0.25, 0.3) is 0 Å².